The maximum absolute atomic E-state index is 12.3. The molecule has 2 atom stereocenters. The van der Waals surface area contributed by atoms with Gasteiger partial charge in [0.1, 0.15) is 11.4 Å². The Morgan fingerprint density at radius 2 is 1.86 bits per heavy atom. The van der Waals surface area contributed by atoms with Crippen LogP contribution in [0.1, 0.15) is 47.5 Å². The van der Waals surface area contributed by atoms with Crippen molar-refractivity contribution in [2.75, 3.05) is 11.9 Å². The molecular formula is C17H27NO3. The van der Waals surface area contributed by atoms with E-state index in [0.29, 0.717) is 13.0 Å². The van der Waals surface area contributed by atoms with Crippen LogP contribution in [0.2, 0.25) is 0 Å². The van der Waals surface area contributed by atoms with E-state index in [0.717, 1.165) is 17.9 Å². The van der Waals surface area contributed by atoms with Crippen LogP contribution in [0.4, 0.5) is 5.69 Å². The first-order chi connectivity index (χ1) is 9.95. The minimum Gasteiger partial charge on any atom is -0.491 e. The molecule has 118 valence electrons. The summed E-state index contributed by atoms with van der Waals surface area (Å²) in [5.41, 5.74) is -0.0448. The maximum atomic E-state index is 12.3. The Labute approximate surface area is 127 Å². The van der Waals surface area contributed by atoms with Gasteiger partial charge >= 0.3 is 0 Å². The number of carbonyl (C=O) groups excluding carboxylic acids is 1. The summed E-state index contributed by atoms with van der Waals surface area (Å²) in [4.78, 5) is 12.3. The van der Waals surface area contributed by atoms with Crippen LogP contribution in [0.15, 0.2) is 24.3 Å². The second-order valence-electron chi connectivity index (χ2n) is 5.33. The van der Waals surface area contributed by atoms with Crippen LogP contribution in [-0.2, 0) is 9.53 Å². The van der Waals surface area contributed by atoms with Crippen molar-refractivity contribution in [3.05, 3.63) is 24.3 Å². The third-order valence-corrected chi connectivity index (χ3v) is 3.64. The molecule has 0 aliphatic rings. The first-order valence-corrected chi connectivity index (χ1v) is 7.67. The first-order valence-electron chi connectivity index (χ1n) is 7.67. The van der Waals surface area contributed by atoms with Gasteiger partial charge in [0, 0.05) is 12.3 Å². The summed E-state index contributed by atoms with van der Waals surface area (Å²) in [5, 5.41) is 2.89. The number of carbonyl (C=O) groups is 1. The van der Waals surface area contributed by atoms with E-state index < -0.39 is 5.60 Å². The Balaban J connectivity index is 2.68. The number of benzene rings is 1. The lowest BCUT2D eigenvalue weighted by Crippen LogP contribution is -2.42. The van der Waals surface area contributed by atoms with Gasteiger partial charge in [-0.05, 0) is 57.9 Å². The van der Waals surface area contributed by atoms with Crippen LogP contribution in [0.3, 0.4) is 0 Å². The highest BCUT2D eigenvalue weighted by atomic mass is 16.5. The molecular weight excluding hydrogens is 266 g/mol. The Morgan fingerprint density at radius 3 is 2.33 bits per heavy atom. The van der Waals surface area contributed by atoms with E-state index in [-0.39, 0.29) is 12.0 Å². The lowest BCUT2D eigenvalue weighted by atomic mass is 10.0. The van der Waals surface area contributed by atoms with Gasteiger partial charge in [0.2, 0.25) is 0 Å². The van der Waals surface area contributed by atoms with Gasteiger partial charge in [-0.25, -0.2) is 0 Å². The quantitative estimate of drug-likeness (QED) is 0.788. The first kappa shape index (κ1) is 17.5. The molecule has 1 rings (SSSR count). The van der Waals surface area contributed by atoms with Gasteiger partial charge in [0.25, 0.3) is 5.91 Å². The fraction of sp³-hybridized carbons (Fsp3) is 0.588. The monoisotopic (exact) mass is 293 g/mol. The average Bonchev–Trinajstić information content (AvgIpc) is 2.49. The normalized spacial score (nSPS) is 15.1. The van der Waals surface area contributed by atoms with Crippen LogP contribution in [0.25, 0.3) is 0 Å². The molecule has 0 aliphatic heterocycles. The third-order valence-electron chi connectivity index (χ3n) is 3.64. The lowest BCUT2D eigenvalue weighted by molar-refractivity contribution is -0.139. The van der Waals surface area contributed by atoms with Gasteiger partial charge in [-0.3, -0.25) is 4.79 Å². The third kappa shape index (κ3) is 5.05. The summed E-state index contributed by atoms with van der Waals surface area (Å²) in [5.74, 6) is 0.688. The number of hydrogen-bond acceptors (Lipinski definition) is 3. The second kappa shape index (κ2) is 8.03. The fourth-order valence-corrected chi connectivity index (χ4v) is 1.84. The minimum atomic E-state index is -0.791. The second-order valence-corrected chi connectivity index (χ2v) is 5.33. The molecule has 0 bridgehead atoms. The average molecular weight is 293 g/mol. The zero-order valence-electron chi connectivity index (χ0n) is 13.7. The van der Waals surface area contributed by atoms with Crippen LogP contribution >= 0.6 is 0 Å². The minimum absolute atomic E-state index is 0.123. The van der Waals surface area contributed by atoms with Crippen LogP contribution < -0.4 is 10.1 Å². The Kier molecular flexibility index (Phi) is 6.69. The molecule has 1 aromatic carbocycles. The molecule has 21 heavy (non-hydrogen) atoms. The van der Waals surface area contributed by atoms with Gasteiger partial charge in [0.05, 0.1) is 6.10 Å². The predicted octanol–water partition coefficient (Wildman–Crippen LogP) is 4.01. The largest absolute Gasteiger partial charge is 0.491 e. The molecule has 0 saturated carbocycles. The summed E-state index contributed by atoms with van der Waals surface area (Å²) in [6.45, 7) is 10.3. The van der Waals surface area contributed by atoms with Crippen molar-refractivity contribution in [2.24, 2.45) is 0 Å². The highest BCUT2D eigenvalue weighted by molar-refractivity contribution is 5.97. The predicted molar refractivity (Wildman–Crippen MR) is 85.8 cm³/mol. The molecule has 0 aliphatic carbocycles. The van der Waals surface area contributed by atoms with E-state index in [2.05, 4.69) is 12.2 Å². The summed E-state index contributed by atoms with van der Waals surface area (Å²) >= 11 is 0. The van der Waals surface area contributed by atoms with E-state index in [1.54, 1.807) is 0 Å². The van der Waals surface area contributed by atoms with E-state index in [4.69, 9.17) is 9.47 Å². The number of anilines is 1. The van der Waals surface area contributed by atoms with Crippen molar-refractivity contribution < 1.29 is 14.3 Å². The molecule has 0 saturated heterocycles. The van der Waals surface area contributed by atoms with Gasteiger partial charge in [0.15, 0.2) is 0 Å². The molecule has 0 aromatic heterocycles. The van der Waals surface area contributed by atoms with E-state index in [1.165, 1.54) is 0 Å². The van der Waals surface area contributed by atoms with Crippen molar-refractivity contribution in [3.8, 4) is 5.75 Å². The maximum Gasteiger partial charge on any atom is 0.256 e. The highest BCUT2D eigenvalue weighted by Crippen LogP contribution is 2.21. The number of amides is 1. The highest BCUT2D eigenvalue weighted by Gasteiger charge is 2.31. The zero-order valence-corrected chi connectivity index (χ0v) is 13.7. The molecule has 0 radical (unpaired) electrons. The SMILES string of the molecule is CCOC(C)(CC)C(=O)Nc1ccc(OC(C)CC)cc1. The van der Waals surface area contributed by atoms with E-state index in [1.807, 2.05) is 52.0 Å². The van der Waals surface area contributed by atoms with Crippen LogP contribution in [0, 0.1) is 0 Å². The summed E-state index contributed by atoms with van der Waals surface area (Å²) in [7, 11) is 0. The summed E-state index contributed by atoms with van der Waals surface area (Å²) in [6, 6.07) is 7.42. The van der Waals surface area contributed by atoms with Crippen molar-refractivity contribution >= 4 is 11.6 Å². The number of rotatable bonds is 8. The van der Waals surface area contributed by atoms with Crippen molar-refractivity contribution in [1.82, 2.24) is 0 Å². The topological polar surface area (TPSA) is 47.6 Å². The van der Waals surface area contributed by atoms with Crippen LogP contribution in [0.5, 0.6) is 5.75 Å². The standard InChI is InChI=1S/C17H27NO3/c1-6-13(4)21-15-11-9-14(10-12-15)18-16(19)17(5,7-2)20-8-3/h9-13H,6-8H2,1-5H3,(H,18,19). The number of ether oxygens (including phenoxy) is 2. The molecule has 0 heterocycles. The molecule has 1 amide bonds. The van der Waals surface area contributed by atoms with Gasteiger partial charge in [-0.1, -0.05) is 13.8 Å². The van der Waals surface area contributed by atoms with Crippen molar-refractivity contribution in [1.29, 1.82) is 0 Å². The molecule has 0 spiro atoms. The van der Waals surface area contributed by atoms with Crippen LogP contribution in [-0.4, -0.2) is 24.2 Å². The molecule has 2 unspecified atom stereocenters. The molecule has 1 aromatic rings. The zero-order chi connectivity index (χ0) is 15.9. The van der Waals surface area contributed by atoms with E-state index in [9.17, 15) is 4.79 Å². The molecule has 0 fully saturated rings. The molecule has 4 nitrogen and oxygen atoms in total. The Bertz CT molecular complexity index is 444. The number of hydrogen-bond donors (Lipinski definition) is 1. The van der Waals surface area contributed by atoms with E-state index >= 15 is 0 Å². The Hall–Kier alpha value is -1.55. The van der Waals surface area contributed by atoms with Gasteiger partial charge in [-0.15, -0.1) is 0 Å². The molecule has 1 N–H and O–H groups in total. The summed E-state index contributed by atoms with van der Waals surface area (Å²) in [6.07, 6.45) is 1.77. The smallest absolute Gasteiger partial charge is 0.256 e. The Morgan fingerprint density at radius 1 is 1.24 bits per heavy atom. The van der Waals surface area contributed by atoms with Gasteiger partial charge in [-0.2, -0.15) is 0 Å². The van der Waals surface area contributed by atoms with Crippen molar-refractivity contribution in [3.63, 3.8) is 0 Å². The van der Waals surface area contributed by atoms with Crippen molar-refractivity contribution in [2.45, 2.75) is 59.2 Å². The van der Waals surface area contributed by atoms with Gasteiger partial charge < -0.3 is 14.8 Å². The fourth-order valence-electron chi connectivity index (χ4n) is 1.84. The molecule has 4 heteroatoms. The lowest BCUT2D eigenvalue weighted by Gasteiger charge is -2.26. The summed E-state index contributed by atoms with van der Waals surface area (Å²) < 4.78 is 11.3. The number of nitrogens with one attached hydrogen (secondary N) is 1.